The third-order valence-corrected chi connectivity index (χ3v) is 8.68. The lowest BCUT2D eigenvalue weighted by atomic mass is 10.0. The third kappa shape index (κ3) is 5.44. The standard InChI is InChI=1S/C24H27FN4O3S2/c1-14-8-9-18(12-20(14)34(31,32)29-19-13-26-21(25)10-15(19)2)23-16(3)27-24(33-23)28-22(30)11-17-6-4-5-7-17/h8-10,12-13,17,29H,4-7,11H2,1-3H3,(H,27,28,30). The average molecular weight is 503 g/mol. The van der Waals surface area contributed by atoms with Gasteiger partial charge in [0, 0.05) is 6.42 Å². The van der Waals surface area contributed by atoms with Crippen LogP contribution in [0.5, 0.6) is 0 Å². The minimum atomic E-state index is -3.95. The second kappa shape index (κ2) is 9.79. The number of rotatable bonds is 7. The summed E-state index contributed by atoms with van der Waals surface area (Å²) in [6, 6.07) is 6.33. The summed E-state index contributed by atoms with van der Waals surface area (Å²) in [7, 11) is -3.95. The Labute approximate surface area is 202 Å². The molecule has 0 unspecified atom stereocenters. The molecule has 1 aliphatic carbocycles. The number of thiazole rings is 1. The number of sulfonamides is 1. The SMILES string of the molecule is Cc1cc(F)ncc1NS(=O)(=O)c1cc(-c2sc(NC(=O)CC3CCCC3)nc2C)ccc1C. The maximum absolute atomic E-state index is 13.3. The minimum absolute atomic E-state index is 0.0353. The Bertz CT molecular complexity index is 1330. The number of carbonyl (C=O) groups is 1. The van der Waals surface area contributed by atoms with E-state index in [1.54, 1.807) is 26.0 Å². The number of amides is 1. The summed E-state index contributed by atoms with van der Waals surface area (Å²) in [6.07, 6.45) is 6.22. The van der Waals surface area contributed by atoms with Gasteiger partial charge in [0.1, 0.15) is 0 Å². The largest absolute Gasteiger partial charge is 0.302 e. The molecule has 0 radical (unpaired) electrons. The van der Waals surface area contributed by atoms with E-state index in [1.807, 2.05) is 13.0 Å². The Hall–Kier alpha value is -2.85. The smallest absolute Gasteiger partial charge is 0.262 e. The molecule has 180 valence electrons. The van der Waals surface area contributed by atoms with Crippen LogP contribution in [-0.2, 0) is 14.8 Å². The molecular weight excluding hydrogens is 475 g/mol. The number of hydrogen-bond acceptors (Lipinski definition) is 6. The van der Waals surface area contributed by atoms with Crippen LogP contribution in [0.4, 0.5) is 15.2 Å². The molecule has 0 saturated heterocycles. The molecule has 2 N–H and O–H groups in total. The Morgan fingerprint density at radius 3 is 2.59 bits per heavy atom. The van der Waals surface area contributed by atoms with Crippen LogP contribution in [0.3, 0.4) is 0 Å². The zero-order chi connectivity index (χ0) is 24.5. The first-order valence-electron chi connectivity index (χ1n) is 11.2. The van der Waals surface area contributed by atoms with Gasteiger partial charge in [-0.3, -0.25) is 9.52 Å². The van der Waals surface area contributed by atoms with Crippen molar-refractivity contribution in [3.63, 3.8) is 0 Å². The van der Waals surface area contributed by atoms with Crippen molar-refractivity contribution in [3.8, 4) is 10.4 Å². The number of aryl methyl sites for hydroxylation is 3. The van der Waals surface area contributed by atoms with Crippen molar-refractivity contribution in [2.24, 2.45) is 5.92 Å². The third-order valence-electron chi connectivity index (χ3n) is 6.05. The molecule has 4 rings (SSSR count). The summed E-state index contributed by atoms with van der Waals surface area (Å²) < 4.78 is 42.1. The number of benzene rings is 1. The summed E-state index contributed by atoms with van der Waals surface area (Å²) in [5.41, 5.74) is 2.61. The molecular formula is C24H27FN4O3S2. The molecule has 1 aliphatic rings. The van der Waals surface area contributed by atoms with E-state index >= 15 is 0 Å². The Morgan fingerprint density at radius 2 is 1.88 bits per heavy atom. The highest BCUT2D eigenvalue weighted by Crippen LogP contribution is 2.35. The van der Waals surface area contributed by atoms with Crippen LogP contribution in [0.25, 0.3) is 10.4 Å². The van der Waals surface area contributed by atoms with E-state index in [-0.39, 0.29) is 16.5 Å². The van der Waals surface area contributed by atoms with E-state index in [9.17, 15) is 17.6 Å². The van der Waals surface area contributed by atoms with Gasteiger partial charge in [0.2, 0.25) is 11.9 Å². The van der Waals surface area contributed by atoms with Gasteiger partial charge in [-0.25, -0.2) is 18.4 Å². The second-order valence-electron chi connectivity index (χ2n) is 8.74. The van der Waals surface area contributed by atoms with Crippen LogP contribution in [-0.4, -0.2) is 24.3 Å². The number of carbonyl (C=O) groups excluding carboxylic acids is 1. The Kier molecular flexibility index (Phi) is 6.99. The number of nitrogens with one attached hydrogen (secondary N) is 2. The summed E-state index contributed by atoms with van der Waals surface area (Å²) in [6.45, 7) is 5.15. The minimum Gasteiger partial charge on any atom is -0.302 e. The topological polar surface area (TPSA) is 101 Å². The number of hydrogen-bond donors (Lipinski definition) is 2. The van der Waals surface area contributed by atoms with Crippen LogP contribution in [0.1, 0.15) is 48.9 Å². The molecule has 0 aliphatic heterocycles. The highest BCUT2D eigenvalue weighted by molar-refractivity contribution is 7.92. The molecule has 0 spiro atoms. The first-order valence-corrected chi connectivity index (χ1v) is 13.5. The first-order chi connectivity index (χ1) is 16.1. The van der Waals surface area contributed by atoms with Gasteiger partial charge in [0.05, 0.1) is 27.4 Å². The summed E-state index contributed by atoms with van der Waals surface area (Å²) >= 11 is 1.32. The second-order valence-corrected chi connectivity index (χ2v) is 11.4. The molecule has 1 amide bonds. The van der Waals surface area contributed by atoms with Crippen molar-refractivity contribution >= 4 is 38.1 Å². The lowest BCUT2D eigenvalue weighted by molar-refractivity contribution is -0.117. The zero-order valence-electron chi connectivity index (χ0n) is 19.3. The van der Waals surface area contributed by atoms with Gasteiger partial charge in [0.15, 0.2) is 5.13 Å². The molecule has 10 heteroatoms. The van der Waals surface area contributed by atoms with Gasteiger partial charge in [-0.05, 0) is 68.4 Å². The normalized spacial score (nSPS) is 14.4. The highest BCUT2D eigenvalue weighted by atomic mass is 32.2. The molecule has 1 saturated carbocycles. The van der Waals surface area contributed by atoms with Crippen LogP contribution in [0.15, 0.2) is 35.4 Å². The molecule has 2 aromatic heterocycles. The van der Waals surface area contributed by atoms with Crippen molar-refractivity contribution in [2.45, 2.75) is 57.8 Å². The van der Waals surface area contributed by atoms with Gasteiger partial charge < -0.3 is 5.32 Å². The van der Waals surface area contributed by atoms with Crippen molar-refractivity contribution < 1.29 is 17.6 Å². The molecule has 1 fully saturated rings. The fourth-order valence-corrected chi connectivity index (χ4v) is 6.59. The van der Waals surface area contributed by atoms with E-state index in [2.05, 4.69) is 20.0 Å². The Morgan fingerprint density at radius 1 is 1.15 bits per heavy atom. The molecule has 0 atom stereocenters. The number of anilines is 2. The van der Waals surface area contributed by atoms with Gasteiger partial charge in [0.25, 0.3) is 10.0 Å². The van der Waals surface area contributed by atoms with Crippen LogP contribution < -0.4 is 10.0 Å². The summed E-state index contributed by atoms with van der Waals surface area (Å²) in [5, 5.41) is 3.41. The van der Waals surface area contributed by atoms with Gasteiger partial charge in [-0.1, -0.05) is 36.3 Å². The van der Waals surface area contributed by atoms with Crippen molar-refractivity contribution in [1.29, 1.82) is 0 Å². The lowest BCUT2D eigenvalue weighted by Crippen LogP contribution is -2.15. The van der Waals surface area contributed by atoms with Crippen LogP contribution >= 0.6 is 11.3 Å². The fourth-order valence-electron chi connectivity index (χ4n) is 4.22. The predicted octanol–water partition coefficient (Wildman–Crippen LogP) is 5.59. The molecule has 1 aromatic carbocycles. The predicted molar refractivity (Wildman–Crippen MR) is 132 cm³/mol. The van der Waals surface area contributed by atoms with Gasteiger partial charge in [-0.15, -0.1) is 0 Å². The highest BCUT2D eigenvalue weighted by Gasteiger charge is 2.22. The monoisotopic (exact) mass is 502 g/mol. The maximum atomic E-state index is 13.3. The van der Waals surface area contributed by atoms with E-state index in [4.69, 9.17) is 0 Å². The average Bonchev–Trinajstić information content (AvgIpc) is 3.39. The van der Waals surface area contributed by atoms with Crippen LogP contribution in [0, 0.1) is 32.6 Å². The summed E-state index contributed by atoms with van der Waals surface area (Å²) in [4.78, 5) is 21.3. The van der Waals surface area contributed by atoms with E-state index in [0.29, 0.717) is 39.9 Å². The van der Waals surface area contributed by atoms with Crippen molar-refractivity contribution in [3.05, 3.63) is 53.2 Å². The zero-order valence-corrected chi connectivity index (χ0v) is 20.9. The number of nitrogens with zero attached hydrogens (tertiary/aromatic N) is 2. The molecule has 0 bridgehead atoms. The van der Waals surface area contributed by atoms with Gasteiger partial charge >= 0.3 is 0 Å². The molecule has 2 heterocycles. The number of aromatic nitrogens is 2. The number of halogens is 1. The van der Waals surface area contributed by atoms with Crippen molar-refractivity contribution in [2.75, 3.05) is 10.0 Å². The van der Waals surface area contributed by atoms with Gasteiger partial charge in [-0.2, -0.15) is 4.39 Å². The van der Waals surface area contributed by atoms with E-state index in [0.717, 1.165) is 23.9 Å². The summed E-state index contributed by atoms with van der Waals surface area (Å²) in [5.74, 6) is -0.268. The van der Waals surface area contributed by atoms with E-state index < -0.39 is 16.0 Å². The molecule has 34 heavy (non-hydrogen) atoms. The molecule has 3 aromatic rings. The quantitative estimate of drug-likeness (QED) is 0.410. The Balaban J connectivity index is 1.57. The fraction of sp³-hybridized carbons (Fsp3) is 0.375. The van der Waals surface area contributed by atoms with E-state index in [1.165, 1.54) is 30.2 Å². The molecule has 7 nitrogen and oxygen atoms in total. The first kappa shape index (κ1) is 24.3. The lowest BCUT2D eigenvalue weighted by Gasteiger charge is -2.13. The number of pyridine rings is 1. The maximum Gasteiger partial charge on any atom is 0.262 e. The van der Waals surface area contributed by atoms with Crippen molar-refractivity contribution in [1.82, 2.24) is 9.97 Å². The van der Waals surface area contributed by atoms with Crippen LogP contribution in [0.2, 0.25) is 0 Å².